The molecule has 2 aromatic rings. The zero-order valence-corrected chi connectivity index (χ0v) is 21.6. The second kappa shape index (κ2) is 13.2. The molecular weight excluding hydrogens is 529 g/mol. The molecule has 188 valence electrons. The highest BCUT2D eigenvalue weighted by molar-refractivity contribution is 9.09. The number of rotatable bonds is 13. The van der Waals surface area contributed by atoms with E-state index in [1.54, 1.807) is 30.5 Å². The molecule has 0 saturated heterocycles. The van der Waals surface area contributed by atoms with Crippen LogP contribution in [0.3, 0.4) is 0 Å². The minimum absolute atomic E-state index is 0.0146. The summed E-state index contributed by atoms with van der Waals surface area (Å²) in [5.41, 5.74) is 7.46. The molecule has 0 aromatic heterocycles. The second-order valence-corrected chi connectivity index (χ2v) is 9.28. The highest BCUT2D eigenvalue weighted by atomic mass is 79.9. The molecule has 0 heterocycles. The maximum atomic E-state index is 14.6. The number of alkyl halides is 2. The zero-order chi connectivity index (χ0) is 25.3. The van der Waals surface area contributed by atoms with Crippen LogP contribution in [-0.4, -0.2) is 58.4 Å². The Balaban J connectivity index is 1.99. The number of allylic oxidation sites excluding steroid dienone is 1. The van der Waals surface area contributed by atoms with E-state index in [0.29, 0.717) is 16.8 Å². The summed E-state index contributed by atoms with van der Waals surface area (Å²) < 4.78 is 25.5. The number of nitrogens with two attached hydrogens (primary N) is 2. The summed E-state index contributed by atoms with van der Waals surface area (Å²) in [6.07, 6.45) is -0.127. The molecule has 0 unspecified atom stereocenters. The number of hydrogen-bond acceptors (Lipinski definition) is 7. The van der Waals surface area contributed by atoms with Crippen molar-refractivity contribution >= 4 is 27.5 Å². The van der Waals surface area contributed by atoms with Crippen LogP contribution in [0.1, 0.15) is 25.0 Å². The lowest BCUT2D eigenvalue weighted by atomic mass is 9.78. The van der Waals surface area contributed by atoms with E-state index in [2.05, 4.69) is 15.9 Å². The van der Waals surface area contributed by atoms with Crippen molar-refractivity contribution in [3.63, 3.8) is 0 Å². The Morgan fingerprint density at radius 3 is 2.32 bits per heavy atom. The van der Waals surface area contributed by atoms with Gasteiger partial charge >= 0.3 is 0 Å². The zero-order valence-electron chi connectivity index (χ0n) is 19.3. The highest BCUT2D eigenvalue weighted by Crippen LogP contribution is 2.34. The maximum Gasteiger partial charge on any atom is 0.165 e. The van der Waals surface area contributed by atoms with Gasteiger partial charge < -0.3 is 30.4 Å². The molecule has 0 radical (unpaired) electrons. The van der Waals surface area contributed by atoms with Crippen molar-refractivity contribution in [2.45, 2.75) is 31.5 Å². The van der Waals surface area contributed by atoms with Crippen LogP contribution in [0.15, 0.2) is 54.4 Å². The minimum atomic E-state index is -0.858. The largest absolute Gasteiger partial charge is 0.491 e. The van der Waals surface area contributed by atoms with Gasteiger partial charge in [0.1, 0.15) is 31.2 Å². The average molecular weight is 561 g/mol. The average Bonchev–Trinajstić information content (AvgIpc) is 2.81. The molecule has 2 atom stereocenters. The van der Waals surface area contributed by atoms with Crippen molar-refractivity contribution in [2.75, 3.05) is 31.0 Å². The van der Waals surface area contributed by atoms with Crippen LogP contribution in [0.25, 0.3) is 0 Å². The molecule has 10 heteroatoms. The molecule has 7 nitrogen and oxygen atoms in total. The van der Waals surface area contributed by atoms with Gasteiger partial charge in [-0.05, 0) is 35.4 Å². The van der Waals surface area contributed by atoms with Crippen molar-refractivity contribution in [3.05, 3.63) is 71.3 Å². The Kier molecular flexibility index (Phi) is 10.9. The number of hydrazine groups is 1. The Morgan fingerprint density at radius 2 is 1.74 bits per heavy atom. The topological polar surface area (TPSA) is 114 Å². The molecule has 2 aromatic carbocycles. The molecule has 0 aliphatic carbocycles. The summed E-state index contributed by atoms with van der Waals surface area (Å²) in [6, 6.07) is 12.2. The molecule has 0 aliphatic rings. The molecule has 0 aliphatic heterocycles. The van der Waals surface area contributed by atoms with Crippen LogP contribution in [0.5, 0.6) is 11.5 Å². The molecule has 0 bridgehead atoms. The Bertz CT molecular complexity index is 946. The quantitative estimate of drug-likeness (QED) is 0.169. The predicted molar refractivity (Wildman–Crippen MR) is 136 cm³/mol. The van der Waals surface area contributed by atoms with E-state index < -0.39 is 23.4 Å². The Hall–Kier alpha value is -2.04. The Labute approximate surface area is 213 Å². The van der Waals surface area contributed by atoms with Gasteiger partial charge in [0, 0.05) is 22.6 Å². The van der Waals surface area contributed by atoms with Gasteiger partial charge in [-0.3, -0.25) is 0 Å². The first-order valence-electron chi connectivity index (χ1n) is 10.7. The third kappa shape index (κ3) is 8.32. The van der Waals surface area contributed by atoms with Crippen molar-refractivity contribution in [1.82, 2.24) is 5.01 Å². The first kappa shape index (κ1) is 28.2. The highest BCUT2D eigenvalue weighted by Gasteiger charge is 2.24. The predicted octanol–water partition coefficient (Wildman–Crippen LogP) is 3.24. The fourth-order valence-corrected chi connectivity index (χ4v) is 3.39. The van der Waals surface area contributed by atoms with Crippen LogP contribution in [0.4, 0.5) is 4.39 Å². The van der Waals surface area contributed by atoms with Crippen molar-refractivity contribution in [3.8, 4) is 11.5 Å². The fourth-order valence-electron chi connectivity index (χ4n) is 3.16. The number of nitrogens with zero attached hydrogens (tertiary/aromatic N) is 1. The second-order valence-electron chi connectivity index (χ2n) is 8.41. The first-order chi connectivity index (χ1) is 16.1. The summed E-state index contributed by atoms with van der Waals surface area (Å²) >= 11 is 8.76. The van der Waals surface area contributed by atoms with E-state index in [1.165, 1.54) is 11.1 Å². The number of benzene rings is 2. The summed E-state index contributed by atoms with van der Waals surface area (Å²) in [5, 5.41) is 21.4. The molecular formula is C24H32BrClFN3O4. The lowest BCUT2D eigenvalue weighted by Gasteiger charge is -2.27. The van der Waals surface area contributed by atoms with Gasteiger partial charge in [-0.1, -0.05) is 48.0 Å². The summed E-state index contributed by atoms with van der Waals surface area (Å²) in [4.78, 5) is 0. The monoisotopic (exact) mass is 559 g/mol. The molecule has 6 N–H and O–H groups in total. The normalized spacial score (nSPS) is 13.9. The summed E-state index contributed by atoms with van der Waals surface area (Å²) in [5.74, 6) is 5.94. The van der Waals surface area contributed by atoms with Gasteiger partial charge in [0.05, 0.1) is 12.4 Å². The van der Waals surface area contributed by atoms with Crippen molar-refractivity contribution < 1.29 is 24.1 Å². The van der Waals surface area contributed by atoms with E-state index in [4.69, 9.17) is 32.7 Å². The van der Waals surface area contributed by atoms with E-state index >= 15 is 0 Å². The van der Waals surface area contributed by atoms with Gasteiger partial charge in [-0.25, -0.2) is 10.2 Å². The van der Waals surface area contributed by atoms with E-state index in [9.17, 15) is 14.6 Å². The third-order valence-corrected chi connectivity index (χ3v) is 6.19. The lowest BCUT2D eigenvalue weighted by molar-refractivity contribution is 0.0817. The van der Waals surface area contributed by atoms with E-state index in [-0.39, 0.29) is 31.4 Å². The van der Waals surface area contributed by atoms with Gasteiger partial charge in [-0.15, -0.1) is 11.6 Å². The standard InChI is InChI=1S/C24H32BrClFN3O4/c1-24(2,17-5-8-23(22(27)9-17)34-14-19(31)11-26)16-3-6-21(7-4-16)33-15-20(32)13-30(29)12-18(28)10-25/h3-9,12,19-20,31-32H,10-11,13-15,28-29H2,1-2H3/b18-12-/t19-,20-/m1/s1. The minimum Gasteiger partial charge on any atom is -0.491 e. The maximum absolute atomic E-state index is 14.6. The van der Waals surface area contributed by atoms with Crippen LogP contribution in [0.2, 0.25) is 0 Å². The van der Waals surface area contributed by atoms with Crippen LogP contribution >= 0.6 is 27.5 Å². The van der Waals surface area contributed by atoms with Gasteiger partial charge in [0.2, 0.25) is 0 Å². The molecule has 0 amide bonds. The summed E-state index contributed by atoms with van der Waals surface area (Å²) in [6.45, 7) is 4.12. The van der Waals surface area contributed by atoms with Crippen molar-refractivity contribution in [1.29, 1.82) is 0 Å². The molecule has 0 spiro atoms. The molecule has 34 heavy (non-hydrogen) atoms. The van der Waals surface area contributed by atoms with Crippen LogP contribution in [-0.2, 0) is 5.41 Å². The smallest absolute Gasteiger partial charge is 0.165 e. The first-order valence-corrected chi connectivity index (χ1v) is 12.3. The fraction of sp³-hybridized carbons (Fsp3) is 0.417. The number of aliphatic hydroxyl groups is 2. The molecule has 0 saturated carbocycles. The number of aliphatic hydroxyl groups excluding tert-OH is 2. The number of halogens is 3. The van der Waals surface area contributed by atoms with Crippen LogP contribution in [0, 0.1) is 5.82 Å². The SMILES string of the molecule is CC(C)(c1ccc(OC[C@H](O)CN(N)/C=C(\N)CBr)cc1)c1ccc(OC[C@H](O)CCl)c(F)c1. The summed E-state index contributed by atoms with van der Waals surface area (Å²) in [7, 11) is 0. The van der Waals surface area contributed by atoms with Crippen molar-refractivity contribution in [2.24, 2.45) is 11.6 Å². The number of hydrogen-bond donors (Lipinski definition) is 4. The van der Waals surface area contributed by atoms with Gasteiger partial charge in [0.15, 0.2) is 11.6 Å². The molecule has 0 fully saturated rings. The number of ether oxygens (including phenoxy) is 2. The molecule has 2 rings (SSSR count). The lowest BCUT2D eigenvalue weighted by Crippen LogP contribution is -2.37. The Morgan fingerprint density at radius 1 is 1.12 bits per heavy atom. The van der Waals surface area contributed by atoms with Crippen LogP contribution < -0.4 is 21.1 Å². The van der Waals surface area contributed by atoms with Gasteiger partial charge in [0.25, 0.3) is 0 Å². The van der Waals surface area contributed by atoms with E-state index in [0.717, 1.165) is 11.1 Å². The van der Waals surface area contributed by atoms with E-state index in [1.807, 2.05) is 26.0 Å². The third-order valence-electron chi connectivity index (χ3n) is 5.19. The van der Waals surface area contributed by atoms with Gasteiger partial charge in [-0.2, -0.15) is 0 Å².